The van der Waals surface area contributed by atoms with Gasteiger partial charge in [-0.15, -0.1) is 0 Å². The van der Waals surface area contributed by atoms with Gasteiger partial charge in [-0.2, -0.15) is 0 Å². The Bertz CT molecular complexity index is 275. The molecule has 3 heteroatoms. The molecule has 96 valence electrons. The molecule has 0 aliphatic heterocycles. The smallest absolute Gasteiger partial charge is 0.221 e. The molecule has 0 atom stereocenters. The maximum Gasteiger partial charge on any atom is 0.221 e. The van der Waals surface area contributed by atoms with Gasteiger partial charge < -0.3 is 10.6 Å². The van der Waals surface area contributed by atoms with E-state index < -0.39 is 0 Å². The molecule has 0 radical (unpaired) electrons. The summed E-state index contributed by atoms with van der Waals surface area (Å²) >= 11 is 0. The topological polar surface area (TPSA) is 41.1 Å². The van der Waals surface area contributed by atoms with Crippen molar-refractivity contribution in [2.75, 3.05) is 13.6 Å². The lowest BCUT2D eigenvalue weighted by molar-refractivity contribution is -0.124. The number of hydrogen-bond donors (Lipinski definition) is 2. The Kier molecular flexibility index (Phi) is 3.12. The minimum absolute atomic E-state index is 0.247. The predicted octanol–water partition coefficient (Wildman–Crippen LogP) is 1.54. The first-order valence-corrected chi connectivity index (χ1v) is 7.20. The first kappa shape index (κ1) is 11.5. The Hall–Kier alpha value is -0.570. The van der Waals surface area contributed by atoms with Crippen LogP contribution in [0, 0.1) is 23.7 Å². The fraction of sp³-hybridized carbons (Fsp3) is 0.929. The third-order valence-corrected chi connectivity index (χ3v) is 5.16. The zero-order chi connectivity index (χ0) is 11.8. The van der Waals surface area contributed by atoms with E-state index in [0.717, 1.165) is 30.2 Å². The molecule has 4 aliphatic rings. The molecule has 0 aromatic rings. The summed E-state index contributed by atoms with van der Waals surface area (Å²) in [6.07, 6.45) is 7.62. The average Bonchev–Trinajstić information content (AvgIpc) is 2.30. The standard InChI is InChI=1S/C14H24N2O/c1-15-3-2-13(17)16-14-11-5-9-4-10(7-11)8-12(14)6-9/h9-12,14-15H,2-8H2,1H3,(H,16,17). The second kappa shape index (κ2) is 4.60. The fourth-order valence-corrected chi connectivity index (χ4v) is 4.66. The second-order valence-corrected chi connectivity index (χ2v) is 6.38. The highest BCUT2D eigenvalue weighted by Gasteiger charge is 2.48. The van der Waals surface area contributed by atoms with Crippen molar-refractivity contribution in [1.29, 1.82) is 0 Å². The Morgan fingerprint density at radius 1 is 1.06 bits per heavy atom. The molecule has 1 amide bonds. The maximum atomic E-state index is 11.8. The highest BCUT2D eigenvalue weighted by molar-refractivity contribution is 5.76. The summed E-state index contributed by atoms with van der Waals surface area (Å²) in [5.74, 6) is 3.82. The number of hydrogen-bond acceptors (Lipinski definition) is 2. The molecule has 3 nitrogen and oxygen atoms in total. The lowest BCUT2D eigenvalue weighted by Crippen LogP contribution is -2.56. The zero-order valence-electron chi connectivity index (χ0n) is 10.7. The van der Waals surface area contributed by atoms with E-state index in [1.54, 1.807) is 0 Å². The molecule has 4 aliphatic carbocycles. The Morgan fingerprint density at radius 2 is 1.65 bits per heavy atom. The minimum atomic E-state index is 0.247. The number of rotatable bonds is 4. The van der Waals surface area contributed by atoms with Crippen LogP contribution in [0.25, 0.3) is 0 Å². The summed E-state index contributed by atoms with van der Waals surface area (Å²) in [5, 5.41) is 6.36. The second-order valence-electron chi connectivity index (χ2n) is 6.38. The Balaban J connectivity index is 1.58. The first-order valence-electron chi connectivity index (χ1n) is 7.20. The van der Waals surface area contributed by atoms with Gasteiger partial charge in [0.05, 0.1) is 0 Å². The van der Waals surface area contributed by atoms with Crippen molar-refractivity contribution in [3.63, 3.8) is 0 Å². The van der Waals surface area contributed by atoms with Crippen LogP contribution in [0.5, 0.6) is 0 Å². The predicted molar refractivity (Wildman–Crippen MR) is 67.5 cm³/mol. The normalized spacial score (nSPS) is 42.8. The van der Waals surface area contributed by atoms with Crippen molar-refractivity contribution in [1.82, 2.24) is 10.6 Å². The van der Waals surface area contributed by atoms with Crippen molar-refractivity contribution >= 4 is 5.91 Å². The van der Waals surface area contributed by atoms with E-state index in [4.69, 9.17) is 0 Å². The number of amides is 1. The first-order chi connectivity index (χ1) is 8.26. The van der Waals surface area contributed by atoms with Gasteiger partial charge in [-0.25, -0.2) is 0 Å². The molecule has 4 fully saturated rings. The molecule has 17 heavy (non-hydrogen) atoms. The zero-order valence-corrected chi connectivity index (χ0v) is 10.7. The van der Waals surface area contributed by atoms with Crippen LogP contribution in [0.2, 0.25) is 0 Å². The molecule has 0 spiro atoms. The average molecular weight is 236 g/mol. The van der Waals surface area contributed by atoms with Crippen LogP contribution < -0.4 is 10.6 Å². The van der Waals surface area contributed by atoms with Crippen molar-refractivity contribution in [3.05, 3.63) is 0 Å². The van der Waals surface area contributed by atoms with Gasteiger partial charge >= 0.3 is 0 Å². The molecule has 4 saturated carbocycles. The SMILES string of the molecule is CNCCC(=O)NC1C2CC3CC(C2)CC1C3. The number of carbonyl (C=O) groups excluding carboxylic acids is 1. The molecule has 2 N–H and O–H groups in total. The van der Waals surface area contributed by atoms with Gasteiger partial charge in [0.2, 0.25) is 5.91 Å². The summed E-state index contributed by atoms with van der Waals surface area (Å²) in [4.78, 5) is 11.8. The lowest BCUT2D eigenvalue weighted by Gasteiger charge is -2.54. The summed E-state index contributed by atoms with van der Waals surface area (Å²) in [6, 6.07) is 0.507. The molecule has 0 saturated heterocycles. The Morgan fingerprint density at radius 3 is 2.18 bits per heavy atom. The highest BCUT2D eigenvalue weighted by Crippen LogP contribution is 2.53. The molecule has 0 heterocycles. The van der Waals surface area contributed by atoms with Gasteiger partial charge in [0, 0.05) is 19.0 Å². The maximum absolute atomic E-state index is 11.8. The summed E-state index contributed by atoms with van der Waals surface area (Å²) < 4.78 is 0. The van der Waals surface area contributed by atoms with E-state index in [-0.39, 0.29) is 5.91 Å². The van der Waals surface area contributed by atoms with Crippen molar-refractivity contribution < 1.29 is 4.79 Å². The molecular weight excluding hydrogens is 212 g/mol. The van der Waals surface area contributed by atoms with Crippen LogP contribution in [0.3, 0.4) is 0 Å². The van der Waals surface area contributed by atoms with Crippen molar-refractivity contribution in [2.24, 2.45) is 23.7 Å². The largest absolute Gasteiger partial charge is 0.353 e. The summed E-state index contributed by atoms with van der Waals surface area (Å²) in [6.45, 7) is 0.791. The number of nitrogens with one attached hydrogen (secondary N) is 2. The molecule has 0 aromatic heterocycles. The van der Waals surface area contributed by atoms with Crippen molar-refractivity contribution in [3.8, 4) is 0 Å². The molecule has 0 aromatic carbocycles. The van der Waals surface area contributed by atoms with Crippen LogP contribution in [0.1, 0.15) is 38.5 Å². The van der Waals surface area contributed by atoms with E-state index in [9.17, 15) is 4.79 Å². The van der Waals surface area contributed by atoms with Gasteiger partial charge in [0.15, 0.2) is 0 Å². The van der Waals surface area contributed by atoms with E-state index in [0.29, 0.717) is 12.5 Å². The summed E-state index contributed by atoms with van der Waals surface area (Å²) in [7, 11) is 1.90. The Labute approximate surface area is 104 Å². The van der Waals surface area contributed by atoms with E-state index >= 15 is 0 Å². The van der Waals surface area contributed by atoms with Crippen molar-refractivity contribution in [2.45, 2.75) is 44.6 Å². The molecule has 4 bridgehead atoms. The van der Waals surface area contributed by atoms with E-state index in [2.05, 4.69) is 10.6 Å². The highest BCUT2D eigenvalue weighted by atomic mass is 16.1. The van der Waals surface area contributed by atoms with Crippen LogP contribution in [0.15, 0.2) is 0 Å². The van der Waals surface area contributed by atoms with Crippen LogP contribution in [-0.2, 0) is 4.79 Å². The third-order valence-electron chi connectivity index (χ3n) is 5.16. The number of carbonyl (C=O) groups is 1. The summed E-state index contributed by atoms with van der Waals surface area (Å²) in [5.41, 5.74) is 0. The van der Waals surface area contributed by atoms with Gasteiger partial charge in [-0.05, 0) is 62.8 Å². The van der Waals surface area contributed by atoms with Crippen LogP contribution >= 0.6 is 0 Å². The third kappa shape index (κ3) is 2.22. The van der Waals surface area contributed by atoms with Crippen LogP contribution in [-0.4, -0.2) is 25.5 Å². The van der Waals surface area contributed by atoms with Gasteiger partial charge in [0.25, 0.3) is 0 Å². The van der Waals surface area contributed by atoms with Gasteiger partial charge in [-0.1, -0.05) is 0 Å². The van der Waals surface area contributed by atoms with E-state index in [1.807, 2.05) is 7.05 Å². The monoisotopic (exact) mass is 236 g/mol. The molecule has 0 unspecified atom stereocenters. The van der Waals surface area contributed by atoms with Gasteiger partial charge in [-0.3, -0.25) is 4.79 Å². The minimum Gasteiger partial charge on any atom is -0.353 e. The lowest BCUT2D eigenvalue weighted by atomic mass is 9.54. The quantitative estimate of drug-likeness (QED) is 0.777. The molecule has 4 rings (SSSR count). The van der Waals surface area contributed by atoms with Gasteiger partial charge in [0.1, 0.15) is 0 Å². The van der Waals surface area contributed by atoms with Crippen LogP contribution in [0.4, 0.5) is 0 Å². The fourth-order valence-electron chi connectivity index (χ4n) is 4.66. The molecular formula is C14H24N2O. The van der Waals surface area contributed by atoms with E-state index in [1.165, 1.54) is 32.1 Å².